The number of carbonyl (C=O) groups is 1. The number of hydrogen-bond donors (Lipinski definition) is 2. The molecule has 0 amide bonds. The summed E-state index contributed by atoms with van der Waals surface area (Å²) >= 11 is 0. The average Bonchev–Trinajstić information content (AvgIpc) is 2.26. The van der Waals surface area contributed by atoms with Crippen LogP contribution in [0.15, 0.2) is 24.3 Å². The van der Waals surface area contributed by atoms with E-state index in [4.69, 9.17) is 5.11 Å². The van der Waals surface area contributed by atoms with E-state index in [9.17, 15) is 26.4 Å². The highest BCUT2D eigenvalue weighted by molar-refractivity contribution is 7.88. The van der Waals surface area contributed by atoms with Crippen LogP contribution in [0.1, 0.15) is 18.1 Å². The molecule has 1 aromatic rings. The van der Waals surface area contributed by atoms with Crippen LogP contribution in [-0.2, 0) is 26.7 Å². The normalized spacial score (nSPS) is 14.0. The highest BCUT2D eigenvalue weighted by Gasteiger charge is 2.30. The van der Waals surface area contributed by atoms with Crippen LogP contribution in [0.3, 0.4) is 0 Å². The summed E-state index contributed by atoms with van der Waals surface area (Å²) in [7, 11) is -4.04. The molecule has 20 heavy (non-hydrogen) atoms. The molecule has 0 unspecified atom stereocenters. The molecule has 0 aromatic heterocycles. The minimum Gasteiger partial charge on any atom is -0.480 e. The van der Waals surface area contributed by atoms with Crippen LogP contribution in [0.25, 0.3) is 0 Å². The van der Waals surface area contributed by atoms with Crippen molar-refractivity contribution in [3.63, 3.8) is 0 Å². The highest BCUT2D eigenvalue weighted by atomic mass is 32.2. The van der Waals surface area contributed by atoms with Crippen LogP contribution >= 0.6 is 0 Å². The maximum absolute atomic E-state index is 12.5. The van der Waals surface area contributed by atoms with Crippen molar-refractivity contribution in [3.8, 4) is 0 Å². The van der Waals surface area contributed by atoms with E-state index in [1.807, 2.05) is 4.72 Å². The van der Waals surface area contributed by atoms with Crippen LogP contribution in [0.2, 0.25) is 0 Å². The van der Waals surface area contributed by atoms with Gasteiger partial charge < -0.3 is 5.11 Å². The number of hydrogen-bond acceptors (Lipinski definition) is 3. The van der Waals surface area contributed by atoms with Crippen LogP contribution < -0.4 is 4.72 Å². The molecular formula is C11H12F3NO4S. The number of nitrogens with one attached hydrogen (secondary N) is 1. The number of rotatable bonds is 5. The van der Waals surface area contributed by atoms with Crippen LogP contribution in [0.4, 0.5) is 13.2 Å². The molecule has 0 aliphatic heterocycles. The zero-order valence-electron chi connectivity index (χ0n) is 10.3. The second-order valence-corrected chi connectivity index (χ2v) is 5.89. The predicted molar refractivity (Wildman–Crippen MR) is 64.3 cm³/mol. The van der Waals surface area contributed by atoms with Crippen molar-refractivity contribution in [3.05, 3.63) is 35.4 Å². The third-order valence-electron chi connectivity index (χ3n) is 2.34. The first-order chi connectivity index (χ1) is 9.01. The van der Waals surface area contributed by atoms with E-state index < -0.39 is 39.5 Å². The highest BCUT2D eigenvalue weighted by Crippen LogP contribution is 2.29. The van der Waals surface area contributed by atoms with Crippen molar-refractivity contribution in [1.82, 2.24) is 4.72 Å². The largest absolute Gasteiger partial charge is 0.480 e. The zero-order chi connectivity index (χ0) is 15.6. The van der Waals surface area contributed by atoms with E-state index >= 15 is 0 Å². The standard InChI is InChI=1S/C11H12F3NO4S/c1-7(10(16)17)15-20(18,19)6-8-3-2-4-9(5-8)11(12,13)14/h2-5,7,15H,6H2,1H3,(H,16,17)/t7-/m0/s1. The van der Waals surface area contributed by atoms with E-state index in [1.54, 1.807) is 0 Å². The molecule has 5 nitrogen and oxygen atoms in total. The predicted octanol–water partition coefficient (Wildman–Crippen LogP) is 1.60. The van der Waals surface area contributed by atoms with Gasteiger partial charge in [0.25, 0.3) is 0 Å². The van der Waals surface area contributed by atoms with Gasteiger partial charge in [0.1, 0.15) is 6.04 Å². The van der Waals surface area contributed by atoms with E-state index in [0.29, 0.717) is 6.07 Å². The second-order valence-electron chi connectivity index (χ2n) is 4.13. The van der Waals surface area contributed by atoms with E-state index in [1.165, 1.54) is 6.07 Å². The van der Waals surface area contributed by atoms with Crippen molar-refractivity contribution >= 4 is 16.0 Å². The lowest BCUT2D eigenvalue weighted by atomic mass is 10.1. The number of halogens is 3. The third kappa shape index (κ3) is 4.82. The lowest BCUT2D eigenvalue weighted by molar-refractivity contribution is -0.139. The Kier molecular flexibility index (Phi) is 4.77. The fourth-order valence-corrected chi connectivity index (χ4v) is 2.76. The van der Waals surface area contributed by atoms with Gasteiger partial charge in [0.05, 0.1) is 11.3 Å². The molecular weight excluding hydrogens is 299 g/mol. The van der Waals surface area contributed by atoms with Gasteiger partial charge in [0.15, 0.2) is 0 Å². The molecule has 0 spiro atoms. The van der Waals surface area contributed by atoms with Crippen molar-refractivity contribution < 1.29 is 31.5 Å². The minimum atomic E-state index is -4.57. The van der Waals surface area contributed by atoms with Gasteiger partial charge in [-0.25, -0.2) is 13.1 Å². The van der Waals surface area contributed by atoms with E-state index in [2.05, 4.69) is 0 Å². The molecule has 0 radical (unpaired) electrons. The minimum absolute atomic E-state index is 0.0788. The molecule has 0 aliphatic rings. The Morgan fingerprint density at radius 2 is 2.00 bits per heavy atom. The molecule has 0 saturated heterocycles. The van der Waals surface area contributed by atoms with E-state index in [-0.39, 0.29) is 5.56 Å². The number of aliphatic carboxylic acids is 1. The van der Waals surface area contributed by atoms with Gasteiger partial charge in [-0.05, 0) is 18.6 Å². The first-order valence-electron chi connectivity index (χ1n) is 5.40. The Bertz CT molecular complexity index is 598. The first-order valence-corrected chi connectivity index (χ1v) is 7.05. The van der Waals surface area contributed by atoms with Gasteiger partial charge >= 0.3 is 12.1 Å². The number of carboxylic acids is 1. The van der Waals surface area contributed by atoms with E-state index in [0.717, 1.165) is 19.1 Å². The van der Waals surface area contributed by atoms with Crippen molar-refractivity contribution in [2.45, 2.75) is 24.9 Å². The fourth-order valence-electron chi connectivity index (χ4n) is 1.42. The summed E-state index contributed by atoms with van der Waals surface area (Å²) in [5.74, 6) is -2.10. The number of sulfonamides is 1. The molecule has 0 aliphatic carbocycles. The lowest BCUT2D eigenvalue weighted by Crippen LogP contribution is -2.38. The third-order valence-corrected chi connectivity index (χ3v) is 3.76. The van der Waals surface area contributed by atoms with Gasteiger partial charge in [-0.2, -0.15) is 13.2 Å². The Hall–Kier alpha value is -1.61. The Labute approximate surface area is 113 Å². The number of benzene rings is 1. The summed E-state index contributed by atoms with van der Waals surface area (Å²) in [5, 5.41) is 8.59. The molecule has 0 bridgehead atoms. The summed E-state index contributed by atoms with van der Waals surface area (Å²) in [4.78, 5) is 10.5. The summed E-state index contributed by atoms with van der Waals surface area (Å²) in [6.45, 7) is 1.12. The van der Waals surface area contributed by atoms with Gasteiger partial charge in [-0.15, -0.1) is 0 Å². The molecule has 0 heterocycles. The molecule has 1 rings (SSSR count). The molecule has 2 N–H and O–H groups in total. The van der Waals surface area contributed by atoms with Crippen molar-refractivity contribution in [1.29, 1.82) is 0 Å². The maximum atomic E-state index is 12.5. The van der Waals surface area contributed by atoms with Crippen LogP contribution in [0, 0.1) is 0 Å². The SMILES string of the molecule is C[C@H](NS(=O)(=O)Cc1cccc(C(F)(F)F)c1)C(=O)O. The second kappa shape index (κ2) is 5.80. The molecule has 112 valence electrons. The smallest absolute Gasteiger partial charge is 0.416 e. The summed E-state index contributed by atoms with van der Waals surface area (Å²) < 4.78 is 62.5. The molecule has 1 aromatic carbocycles. The Morgan fingerprint density at radius 1 is 1.40 bits per heavy atom. The Balaban J connectivity index is 2.91. The Morgan fingerprint density at radius 3 is 2.50 bits per heavy atom. The van der Waals surface area contributed by atoms with Gasteiger partial charge in [-0.1, -0.05) is 18.2 Å². The van der Waals surface area contributed by atoms with Gasteiger partial charge in [-0.3, -0.25) is 4.79 Å². The van der Waals surface area contributed by atoms with Gasteiger partial charge in [0, 0.05) is 0 Å². The molecule has 0 fully saturated rings. The van der Waals surface area contributed by atoms with Crippen molar-refractivity contribution in [2.75, 3.05) is 0 Å². The zero-order valence-corrected chi connectivity index (χ0v) is 11.1. The molecule has 0 saturated carbocycles. The summed E-state index contributed by atoms with van der Waals surface area (Å²) in [6.07, 6.45) is -4.57. The lowest BCUT2D eigenvalue weighted by Gasteiger charge is -2.11. The van der Waals surface area contributed by atoms with Crippen molar-refractivity contribution in [2.24, 2.45) is 0 Å². The number of alkyl halides is 3. The molecule has 9 heteroatoms. The quantitative estimate of drug-likeness (QED) is 0.865. The van der Waals surface area contributed by atoms with Gasteiger partial charge in [0.2, 0.25) is 10.0 Å². The molecule has 1 atom stereocenters. The van der Waals surface area contributed by atoms with Crippen LogP contribution in [-0.4, -0.2) is 25.5 Å². The maximum Gasteiger partial charge on any atom is 0.416 e. The number of carboxylic acid groups (broad SMARTS) is 1. The monoisotopic (exact) mass is 311 g/mol. The summed E-state index contributed by atoms with van der Waals surface area (Å²) in [5.41, 5.74) is -1.04. The average molecular weight is 311 g/mol. The first kappa shape index (κ1) is 16.4. The summed E-state index contributed by atoms with van der Waals surface area (Å²) in [6, 6.07) is 2.49. The fraction of sp³-hybridized carbons (Fsp3) is 0.364. The van der Waals surface area contributed by atoms with Crippen LogP contribution in [0.5, 0.6) is 0 Å². The topological polar surface area (TPSA) is 83.5 Å².